The normalized spacial score (nSPS) is 10.6. The van der Waals surface area contributed by atoms with Crippen LogP contribution in [-0.4, -0.2) is 11.5 Å². The maximum atomic E-state index is 5.98. The van der Waals surface area contributed by atoms with E-state index in [1.807, 2.05) is 18.2 Å². The fraction of sp³-hybridized carbons (Fsp3) is 0.308. The Morgan fingerprint density at radius 1 is 1.50 bits per heavy atom. The summed E-state index contributed by atoms with van der Waals surface area (Å²) in [5.74, 6) is 2.27. The fourth-order valence-electron chi connectivity index (χ4n) is 1.78. The minimum atomic E-state index is 0.441. The Balaban J connectivity index is 2.26. The third kappa shape index (κ3) is 3.06. The van der Waals surface area contributed by atoms with Gasteiger partial charge in [-0.05, 0) is 41.1 Å². The molecular formula is C13H14BrClN2O. The number of rotatable bonds is 5. The molecule has 0 spiro atoms. The summed E-state index contributed by atoms with van der Waals surface area (Å²) in [5.41, 5.74) is 1.01. The molecule has 0 aliphatic heterocycles. The van der Waals surface area contributed by atoms with Crippen LogP contribution in [0.15, 0.2) is 39.5 Å². The summed E-state index contributed by atoms with van der Waals surface area (Å²) >= 11 is 9.39. The minimum Gasteiger partial charge on any atom is -0.467 e. The standard InChI is InChI=1S/C13H14BrClN2O/c1-2-17(9-12-4-3-5-18-12)13-10(7-15)6-11(14)8-16-13/h3-6,8H,2,7,9H2,1H3. The van der Waals surface area contributed by atoms with Crippen molar-refractivity contribution in [3.8, 4) is 0 Å². The van der Waals surface area contributed by atoms with Gasteiger partial charge in [0, 0.05) is 22.8 Å². The highest BCUT2D eigenvalue weighted by molar-refractivity contribution is 9.10. The molecule has 0 bridgehead atoms. The van der Waals surface area contributed by atoms with Crippen LogP contribution >= 0.6 is 27.5 Å². The molecule has 0 saturated heterocycles. The van der Waals surface area contributed by atoms with Crippen molar-refractivity contribution in [2.75, 3.05) is 11.4 Å². The van der Waals surface area contributed by atoms with Gasteiger partial charge in [0.2, 0.25) is 0 Å². The van der Waals surface area contributed by atoms with Crippen LogP contribution in [0.1, 0.15) is 18.2 Å². The zero-order valence-electron chi connectivity index (χ0n) is 10.1. The van der Waals surface area contributed by atoms with Crippen molar-refractivity contribution in [1.29, 1.82) is 0 Å². The molecule has 0 aromatic carbocycles. The molecule has 0 N–H and O–H groups in total. The van der Waals surface area contributed by atoms with Gasteiger partial charge in [0.05, 0.1) is 18.7 Å². The highest BCUT2D eigenvalue weighted by atomic mass is 79.9. The number of hydrogen-bond donors (Lipinski definition) is 0. The maximum Gasteiger partial charge on any atom is 0.133 e. The molecule has 0 unspecified atom stereocenters. The third-order valence-corrected chi connectivity index (χ3v) is 3.38. The lowest BCUT2D eigenvalue weighted by Crippen LogP contribution is -2.24. The van der Waals surface area contributed by atoms with Gasteiger partial charge >= 0.3 is 0 Å². The summed E-state index contributed by atoms with van der Waals surface area (Å²) in [5, 5.41) is 0. The first-order valence-electron chi connectivity index (χ1n) is 5.72. The summed E-state index contributed by atoms with van der Waals surface area (Å²) in [6.07, 6.45) is 3.47. The molecule has 0 amide bonds. The molecule has 5 heteroatoms. The van der Waals surface area contributed by atoms with Crippen molar-refractivity contribution in [1.82, 2.24) is 4.98 Å². The van der Waals surface area contributed by atoms with Gasteiger partial charge in [-0.25, -0.2) is 4.98 Å². The molecule has 2 aromatic heterocycles. The summed E-state index contributed by atoms with van der Waals surface area (Å²) in [7, 11) is 0. The van der Waals surface area contributed by atoms with E-state index < -0.39 is 0 Å². The van der Waals surface area contributed by atoms with E-state index in [2.05, 4.69) is 32.7 Å². The topological polar surface area (TPSA) is 29.3 Å². The van der Waals surface area contributed by atoms with Gasteiger partial charge in [0.25, 0.3) is 0 Å². The Bertz CT molecular complexity index is 502. The van der Waals surface area contributed by atoms with E-state index in [4.69, 9.17) is 16.0 Å². The summed E-state index contributed by atoms with van der Waals surface area (Å²) in [6, 6.07) is 5.85. The summed E-state index contributed by atoms with van der Waals surface area (Å²) in [4.78, 5) is 6.60. The van der Waals surface area contributed by atoms with E-state index in [1.54, 1.807) is 12.5 Å². The molecule has 0 radical (unpaired) electrons. The van der Waals surface area contributed by atoms with Crippen molar-refractivity contribution >= 4 is 33.3 Å². The van der Waals surface area contributed by atoms with Gasteiger partial charge in [-0.2, -0.15) is 0 Å². The Labute approximate surface area is 120 Å². The van der Waals surface area contributed by atoms with Crippen molar-refractivity contribution in [3.63, 3.8) is 0 Å². The molecular weight excluding hydrogens is 316 g/mol. The zero-order chi connectivity index (χ0) is 13.0. The van der Waals surface area contributed by atoms with Gasteiger partial charge in [0.1, 0.15) is 11.6 Å². The number of pyridine rings is 1. The lowest BCUT2D eigenvalue weighted by atomic mass is 10.2. The fourth-order valence-corrected chi connectivity index (χ4v) is 2.36. The van der Waals surface area contributed by atoms with Crippen LogP contribution in [0.4, 0.5) is 5.82 Å². The van der Waals surface area contributed by atoms with Gasteiger partial charge in [-0.15, -0.1) is 11.6 Å². The van der Waals surface area contributed by atoms with Crippen LogP contribution in [0.25, 0.3) is 0 Å². The van der Waals surface area contributed by atoms with Crippen LogP contribution in [0, 0.1) is 0 Å². The number of aromatic nitrogens is 1. The smallest absolute Gasteiger partial charge is 0.133 e. The predicted molar refractivity (Wildman–Crippen MR) is 76.9 cm³/mol. The van der Waals surface area contributed by atoms with Crippen LogP contribution in [-0.2, 0) is 12.4 Å². The lowest BCUT2D eigenvalue weighted by Gasteiger charge is -2.23. The molecule has 18 heavy (non-hydrogen) atoms. The number of nitrogens with zero attached hydrogens (tertiary/aromatic N) is 2. The largest absolute Gasteiger partial charge is 0.467 e. The van der Waals surface area contributed by atoms with Crippen LogP contribution in [0.5, 0.6) is 0 Å². The molecule has 0 atom stereocenters. The Kier molecular flexibility index (Phi) is 4.66. The molecule has 2 heterocycles. The van der Waals surface area contributed by atoms with Crippen LogP contribution in [0.2, 0.25) is 0 Å². The molecule has 0 aliphatic rings. The van der Waals surface area contributed by atoms with Crippen LogP contribution < -0.4 is 4.90 Å². The van der Waals surface area contributed by atoms with Gasteiger partial charge in [-0.1, -0.05) is 0 Å². The first-order valence-corrected chi connectivity index (χ1v) is 7.05. The molecule has 0 aliphatic carbocycles. The molecule has 3 nitrogen and oxygen atoms in total. The van der Waals surface area contributed by atoms with E-state index in [-0.39, 0.29) is 0 Å². The number of anilines is 1. The predicted octanol–water partition coefficient (Wildman–Crippen LogP) is 4.20. The van der Waals surface area contributed by atoms with E-state index in [0.29, 0.717) is 12.4 Å². The molecule has 96 valence electrons. The summed E-state index contributed by atoms with van der Waals surface area (Å²) in [6.45, 7) is 3.63. The Hall–Kier alpha value is -1.00. The monoisotopic (exact) mass is 328 g/mol. The van der Waals surface area contributed by atoms with Crippen molar-refractivity contribution in [3.05, 3.63) is 46.5 Å². The highest BCUT2D eigenvalue weighted by Crippen LogP contribution is 2.24. The Morgan fingerprint density at radius 3 is 2.94 bits per heavy atom. The number of halogens is 2. The second-order valence-corrected chi connectivity index (χ2v) is 5.05. The van der Waals surface area contributed by atoms with Crippen molar-refractivity contribution in [2.24, 2.45) is 0 Å². The number of hydrogen-bond acceptors (Lipinski definition) is 3. The second-order valence-electron chi connectivity index (χ2n) is 3.86. The molecule has 0 saturated carbocycles. The first-order chi connectivity index (χ1) is 8.74. The zero-order valence-corrected chi connectivity index (χ0v) is 12.4. The van der Waals surface area contributed by atoms with Gasteiger partial charge in [-0.3, -0.25) is 0 Å². The highest BCUT2D eigenvalue weighted by Gasteiger charge is 2.13. The van der Waals surface area contributed by atoms with Crippen molar-refractivity contribution < 1.29 is 4.42 Å². The van der Waals surface area contributed by atoms with E-state index in [9.17, 15) is 0 Å². The van der Waals surface area contributed by atoms with E-state index in [0.717, 1.165) is 28.2 Å². The van der Waals surface area contributed by atoms with Gasteiger partial charge < -0.3 is 9.32 Å². The van der Waals surface area contributed by atoms with E-state index >= 15 is 0 Å². The number of alkyl halides is 1. The van der Waals surface area contributed by atoms with Crippen LogP contribution in [0.3, 0.4) is 0 Å². The molecule has 2 aromatic rings. The summed E-state index contributed by atoms with van der Waals surface area (Å²) < 4.78 is 6.31. The third-order valence-electron chi connectivity index (χ3n) is 2.66. The van der Waals surface area contributed by atoms with Gasteiger partial charge in [0.15, 0.2) is 0 Å². The average Bonchev–Trinajstić information content (AvgIpc) is 2.89. The van der Waals surface area contributed by atoms with E-state index in [1.165, 1.54) is 0 Å². The minimum absolute atomic E-state index is 0.441. The number of furan rings is 1. The molecule has 2 rings (SSSR count). The first kappa shape index (κ1) is 13.4. The Morgan fingerprint density at radius 2 is 2.33 bits per heavy atom. The maximum absolute atomic E-state index is 5.98. The second kappa shape index (κ2) is 6.25. The SMILES string of the molecule is CCN(Cc1ccco1)c1ncc(Br)cc1CCl. The molecule has 0 fully saturated rings. The van der Waals surface area contributed by atoms with Crippen molar-refractivity contribution in [2.45, 2.75) is 19.3 Å². The lowest BCUT2D eigenvalue weighted by molar-refractivity contribution is 0.502. The average molecular weight is 330 g/mol. The quantitative estimate of drug-likeness (QED) is 0.770.